The number of carbonyl (C=O) groups is 2. The molecule has 1 saturated heterocycles. The van der Waals surface area contributed by atoms with Crippen LogP contribution in [-0.2, 0) is 19.1 Å². The standard InChI is InChI=1S/C14H17FO4/c1-5-9(16)18-14-7(2)8-6-13(15,11(17)19-14)10(14)12(8,3)4/h5,7-8,10H,1,6H2,2-4H3. The van der Waals surface area contributed by atoms with Crippen LogP contribution in [-0.4, -0.2) is 23.4 Å². The fourth-order valence-electron chi connectivity index (χ4n) is 4.66. The van der Waals surface area contributed by atoms with E-state index in [9.17, 15) is 14.0 Å². The monoisotopic (exact) mass is 268 g/mol. The molecule has 2 bridgehead atoms. The van der Waals surface area contributed by atoms with Gasteiger partial charge < -0.3 is 9.47 Å². The lowest BCUT2D eigenvalue weighted by Gasteiger charge is -2.36. The molecule has 0 spiro atoms. The molecule has 5 atom stereocenters. The molecule has 5 unspecified atom stereocenters. The van der Waals surface area contributed by atoms with Gasteiger partial charge in [-0.1, -0.05) is 27.4 Å². The Morgan fingerprint density at radius 1 is 1.58 bits per heavy atom. The van der Waals surface area contributed by atoms with Crippen LogP contribution < -0.4 is 0 Å². The van der Waals surface area contributed by atoms with Gasteiger partial charge in [-0.2, -0.15) is 0 Å². The summed E-state index contributed by atoms with van der Waals surface area (Å²) in [5.41, 5.74) is -2.47. The van der Waals surface area contributed by atoms with Crippen LogP contribution in [0.2, 0.25) is 0 Å². The van der Waals surface area contributed by atoms with Crippen molar-refractivity contribution in [2.45, 2.75) is 38.6 Å². The molecular weight excluding hydrogens is 251 g/mol. The summed E-state index contributed by atoms with van der Waals surface area (Å²) in [6.07, 6.45) is 1.16. The van der Waals surface area contributed by atoms with E-state index < -0.39 is 34.7 Å². The first-order chi connectivity index (χ1) is 8.70. The van der Waals surface area contributed by atoms with Crippen molar-refractivity contribution in [2.75, 3.05) is 0 Å². The second-order valence-corrected chi connectivity index (χ2v) is 6.45. The average molecular weight is 268 g/mol. The maximum absolute atomic E-state index is 14.9. The minimum absolute atomic E-state index is 0.0495. The molecule has 1 aliphatic heterocycles. The Kier molecular flexibility index (Phi) is 2.12. The first-order valence-corrected chi connectivity index (χ1v) is 6.48. The minimum atomic E-state index is -2.03. The SMILES string of the molecule is C=CC(=O)OC12OC(=O)C3(F)CC(C1C)C(C)(C)C32. The van der Waals surface area contributed by atoms with Gasteiger partial charge >= 0.3 is 11.9 Å². The van der Waals surface area contributed by atoms with Crippen molar-refractivity contribution in [2.24, 2.45) is 23.2 Å². The van der Waals surface area contributed by atoms with E-state index in [0.717, 1.165) is 6.08 Å². The smallest absolute Gasteiger partial charge is 0.347 e. The normalized spacial score (nSPS) is 49.1. The van der Waals surface area contributed by atoms with Gasteiger partial charge in [-0.05, 0) is 17.8 Å². The van der Waals surface area contributed by atoms with Gasteiger partial charge in [0, 0.05) is 12.0 Å². The molecule has 3 rings (SSSR count). The lowest BCUT2D eigenvalue weighted by atomic mass is 9.77. The van der Waals surface area contributed by atoms with E-state index in [-0.39, 0.29) is 18.3 Å². The Bertz CT molecular complexity index is 500. The van der Waals surface area contributed by atoms with Gasteiger partial charge in [0.1, 0.15) is 0 Å². The summed E-state index contributed by atoms with van der Waals surface area (Å²) in [5, 5.41) is 0. The third kappa shape index (κ3) is 1.15. The zero-order valence-corrected chi connectivity index (χ0v) is 11.2. The number of hydrogen-bond donors (Lipinski definition) is 0. The van der Waals surface area contributed by atoms with Gasteiger partial charge in [-0.25, -0.2) is 14.0 Å². The second kappa shape index (κ2) is 3.19. The molecule has 0 aromatic carbocycles. The molecule has 3 fully saturated rings. The average Bonchev–Trinajstić information content (AvgIpc) is 2.71. The highest BCUT2D eigenvalue weighted by molar-refractivity contribution is 5.87. The van der Waals surface area contributed by atoms with Crippen LogP contribution in [0.5, 0.6) is 0 Å². The molecule has 0 N–H and O–H groups in total. The second-order valence-electron chi connectivity index (χ2n) is 6.45. The van der Waals surface area contributed by atoms with E-state index in [1.165, 1.54) is 0 Å². The summed E-state index contributed by atoms with van der Waals surface area (Å²) in [6, 6.07) is 0. The Labute approximate surface area is 110 Å². The lowest BCUT2D eigenvalue weighted by Crippen LogP contribution is -2.49. The summed E-state index contributed by atoms with van der Waals surface area (Å²) < 4.78 is 25.5. The molecule has 104 valence electrons. The lowest BCUT2D eigenvalue weighted by molar-refractivity contribution is -0.238. The van der Waals surface area contributed by atoms with E-state index in [1.807, 2.05) is 20.8 Å². The number of halogens is 1. The largest absolute Gasteiger partial charge is 0.419 e. The maximum Gasteiger partial charge on any atom is 0.347 e. The molecular formula is C14H17FO4. The zero-order valence-electron chi connectivity index (χ0n) is 11.2. The third-order valence-electron chi connectivity index (χ3n) is 5.33. The van der Waals surface area contributed by atoms with Crippen molar-refractivity contribution >= 4 is 11.9 Å². The third-order valence-corrected chi connectivity index (χ3v) is 5.33. The molecule has 1 heterocycles. The Morgan fingerprint density at radius 2 is 2.21 bits per heavy atom. The van der Waals surface area contributed by atoms with Crippen molar-refractivity contribution in [1.82, 2.24) is 0 Å². The molecule has 0 radical (unpaired) electrons. The van der Waals surface area contributed by atoms with Crippen molar-refractivity contribution in [3.63, 3.8) is 0 Å². The van der Waals surface area contributed by atoms with Crippen molar-refractivity contribution in [1.29, 1.82) is 0 Å². The van der Waals surface area contributed by atoms with E-state index in [1.54, 1.807) is 0 Å². The topological polar surface area (TPSA) is 52.6 Å². The van der Waals surface area contributed by atoms with Gasteiger partial charge in [0.05, 0.1) is 5.92 Å². The molecule has 0 amide bonds. The van der Waals surface area contributed by atoms with E-state index in [2.05, 4.69) is 6.58 Å². The highest BCUT2D eigenvalue weighted by Gasteiger charge is 2.85. The number of rotatable bonds is 2. The number of alkyl halides is 1. The van der Waals surface area contributed by atoms with Crippen LogP contribution in [0.1, 0.15) is 27.2 Å². The summed E-state index contributed by atoms with van der Waals surface area (Å²) in [7, 11) is 0. The molecule has 19 heavy (non-hydrogen) atoms. The summed E-state index contributed by atoms with van der Waals surface area (Å²) in [4.78, 5) is 23.4. The van der Waals surface area contributed by atoms with Gasteiger partial charge in [-0.3, -0.25) is 0 Å². The predicted octanol–water partition coefficient (Wildman–Crippen LogP) is 1.99. The highest BCUT2D eigenvalue weighted by Crippen LogP contribution is 2.73. The highest BCUT2D eigenvalue weighted by atomic mass is 19.1. The van der Waals surface area contributed by atoms with E-state index in [4.69, 9.17) is 9.47 Å². The fourth-order valence-corrected chi connectivity index (χ4v) is 4.66. The number of carbonyl (C=O) groups excluding carboxylic acids is 2. The molecule has 5 heteroatoms. The first kappa shape index (κ1) is 12.6. The van der Waals surface area contributed by atoms with Crippen LogP contribution in [0.25, 0.3) is 0 Å². The van der Waals surface area contributed by atoms with Crippen molar-refractivity contribution in [3.05, 3.63) is 12.7 Å². The van der Waals surface area contributed by atoms with Crippen LogP contribution in [0.3, 0.4) is 0 Å². The van der Waals surface area contributed by atoms with E-state index >= 15 is 0 Å². The van der Waals surface area contributed by atoms with Crippen molar-refractivity contribution < 1.29 is 23.5 Å². The molecule has 4 nitrogen and oxygen atoms in total. The Hall–Kier alpha value is -1.39. The van der Waals surface area contributed by atoms with Crippen LogP contribution in [0, 0.1) is 23.2 Å². The first-order valence-electron chi connectivity index (χ1n) is 6.48. The molecule has 0 aromatic heterocycles. The number of esters is 2. The summed E-state index contributed by atoms with van der Waals surface area (Å²) in [5.74, 6) is -4.06. The number of hydrogen-bond acceptors (Lipinski definition) is 4. The van der Waals surface area contributed by atoms with Gasteiger partial charge in [-0.15, -0.1) is 0 Å². The van der Waals surface area contributed by atoms with E-state index in [0.29, 0.717) is 0 Å². The van der Waals surface area contributed by atoms with Crippen LogP contribution in [0.15, 0.2) is 12.7 Å². The van der Waals surface area contributed by atoms with Crippen LogP contribution >= 0.6 is 0 Å². The molecule has 2 aliphatic carbocycles. The fraction of sp³-hybridized carbons (Fsp3) is 0.714. The summed E-state index contributed by atoms with van der Waals surface area (Å²) in [6.45, 7) is 9.00. The maximum atomic E-state index is 14.9. The summed E-state index contributed by atoms with van der Waals surface area (Å²) >= 11 is 0. The van der Waals surface area contributed by atoms with Gasteiger partial charge in [0.15, 0.2) is 0 Å². The predicted molar refractivity (Wildman–Crippen MR) is 63.5 cm³/mol. The molecule has 3 aliphatic rings. The zero-order chi connectivity index (χ0) is 14.2. The number of ether oxygens (including phenoxy) is 2. The van der Waals surface area contributed by atoms with Gasteiger partial charge in [0.25, 0.3) is 5.79 Å². The quantitative estimate of drug-likeness (QED) is 0.567. The minimum Gasteiger partial charge on any atom is -0.419 e. The Balaban J connectivity index is 2.13. The van der Waals surface area contributed by atoms with Crippen molar-refractivity contribution in [3.8, 4) is 0 Å². The van der Waals surface area contributed by atoms with Gasteiger partial charge in [0.2, 0.25) is 5.67 Å². The number of fused-ring (bicyclic) bond motifs is 1. The van der Waals surface area contributed by atoms with Crippen LogP contribution in [0.4, 0.5) is 4.39 Å². The Morgan fingerprint density at radius 3 is 2.74 bits per heavy atom. The molecule has 0 aromatic rings. The molecule has 2 saturated carbocycles.